The van der Waals surface area contributed by atoms with Crippen LogP contribution in [0.15, 0.2) is 71.6 Å². The zero-order valence-electron chi connectivity index (χ0n) is 19.9. The normalized spacial score (nSPS) is 11.1. The van der Waals surface area contributed by atoms with Crippen molar-refractivity contribution in [2.75, 3.05) is 30.3 Å². The highest BCUT2D eigenvalue weighted by molar-refractivity contribution is 7.92. The number of para-hydroxylation sites is 1. The highest BCUT2D eigenvalue weighted by atomic mass is 32.2. The van der Waals surface area contributed by atoms with E-state index in [-0.39, 0.29) is 16.4 Å². The van der Waals surface area contributed by atoms with Gasteiger partial charge in [0.1, 0.15) is 0 Å². The summed E-state index contributed by atoms with van der Waals surface area (Å²) in [5.74, 6) is -0.784. The molecule has 2 amide bonds. The van der Waals surface area contributed by atoms with Crippen LogP contribution in [-0.4, -0.2) is 40.5 Å². The summed E-state index contributed by atoms with van der Waals surface area (Å²) in [6.45, 7) is 4.59. The molecule has 0 fully saturated rings. The van der Waals surface area contributed by atoms with E-state index in [2.05, 4.69) is 15.4 Å². The summed E-state index contributed by atoms with van der Waals surface area (Å²) in [5.41, 5.74) is 2.82. The Kier molecular flexibility index (Phi) is 8.62. The van der Waals surface area contributed by atoms with E-state index in [1.807, 2.05) is 6.92 Å². The van der Waals surface area contributed by atoms with Crippen LogP contribution in [0.1, 0.15) is 38.3 Å². The van der Waals surface area contributed by atoms with Crippen LogP contribution in [0.4, 0.5) is 11.4 Å². The predicted octanol–water partition coefficient (Wildman–Crippen LogP) is 4.12. The number of ether oxygens (including phenoxy) is 1. The molecule has 9 heteroatoms. The Balaban J connectivity index is 1.78. The molecule has 0 saturated carbocycles. The first-order chi connectivity index (χ1) is 16.7. The van der Waals surface area contributed by atoms with Crippen molar-refractivity contribution in [2.24, 2.45) is 0 Å². The number of anilines is 2. The van der Waals surface area contributed by atoms with Gasteiger partial charge in [0.25, 0.3) is 21.8 Å². The number of benzene rings is 3. The Morgan fingerprint density at radius 3 is 2.31 bits per heavy atom. The van der Waals surface area contributed by atoms with Gasteiger partial charge in [-0.05, 0) is 62.2 Å². The molecular weight excluding hydrogens is 466 g/mol. The van der Waals surface area contributed by atoms with E-state index >= 15 is 0 Å². The number of carbonyl (C=O) groups excluding carboxylic acids is 2. The van der Waals surface area contributed by atoms with E-state index in [0.29, 0.717) is 42.1 Å². The topological polar surface area (TPSA) is 114 Å². The van der Waals surface area contributed by atoms with Gasteiger partial charge in [-0.15, -0.1) is 0 Å². The van der Waals surface area contributed by atoms with E-state index in [1.54, 1.807) is 62.6 Å². The maximum absolute atomic E-state index is 13.0. The molecule has 0 radical (unpaired) electrons. The molecule has 0 saturated heterocycles. The van der Waals surface area contributed by atoms with Gasteiger partial charge in [-0.2, -0.15) is 0 Å². The number of aryl methyl sites for hydroxylation is 2. The number of nitrogens with one attached hydrogen (secondary N) is 3. The van der Waals surface area contributed by atoms with Gasteiger partial charge in [-0.1, -0.05) is 35.9 Å². The van der Waals surface area contributed by atoms with Crippen molar-refractivity contribution in [3.05, 3.63) is 89.0 Å². The van der Waals surface area contributed by atoms with Crippen LogP contribution in [-0.2, 0) is 14.8 Å². The molecule has 0 atom stereocenters. The fraction of sp³-hybridized carbons (Fsp3) is 0.231. The first kappa shape index (κ1) is 25.9. The zero-order chi connectivity index (χ0) is 25.4. The van der Waals surface area contributed by atoms with Crippen molar-refractivity contribution in [3.63, 3.8) is 0 Å². The Bertz CT molecular complexity index is 1300. The molecule has 0 spiro atoms. The maximum atomic E-state index is 13.0. The largest absolute Gasteiger partial charge is 0.385 e. The molecule has 0 unspecified atom stereocenters. The Hall–Kier alpha value is -3.69. The van der Waals surface area contributed by atoms with Crippen molar-refractivity contribution < 1.29 is 22.7 Å². The van der Waals surface area contributed by atoms with Crippen molar-refractivity contribution in [1.29, 1.82) is 0 Å². The zero-order valence-corrected chi connectivity index (χ0v) is 20.7. The van der Waals surface area contributed by atoms with Crippen molar-refractivity contribution in [1.82, 2.24) is 5.32 Å². The second kappa shape index (κ2) is 11.6. The van der Waals surface area contributed by atoms with E-state index < -0.39 is 15.9 Å². The highest BCUT2D eigenvalue weighted by Gasteiger charge is 2.18. The molecule has 8 nitrogen and oxygen atoms in total. The molecule has 3 N–H and O–H groups in total. The van der Waals surface area contributed by atoms with Crippen molar-refractivity contribution in [3.8, 4) is 0 Å². The van der Waals surface area contributed by atoms with Crippen LogP contribution in [0.5, 0.6) is 0 Å². The maximum Gasteiger partial charge on any atom is 0.261 e. The molecule has 0 aromatic heterocycles. The number of amides is 2. The average Bonchev–Trinajstić information content (AvgIpc) is 2.83. The fourth-order valence-electron chi connectivity index (χ4n) is 3.29. The molecule has 184 valence electrons. The van der Waals surface area contributed by atoms with Crippen LogP contribution in [0.25, 0.3) is 0 Å². The molecule has 0 aliphatic heterocycles. The van der Waals surface area contributed by atoms with Gasteiger partial charge < -0.3 is 15.4 Å². The Labute approximate surface area is 205 Å². The molecule has 0 bridgehead atoms. The average molecular weight is 496 g/mol. The third kappa shape index (κ3) is 6.91. The number of hydrogen-bond acceptors (Lipinski definition) is 5. The summed E-state index contributed by atoms with van der Waals surface area (Å²) >= 11 is 0. The molecular formula is C26H29N3O5S. The number of rotatable bonds is 10. The van der Waals surface area contributed by atoms with Crippen LogP contribution < -0.4 is 15.4 Å². The summed E-state index contributed by atoms with van der Waals surface area (Å²) in [6, 6.07) is 17.9. The second-order valence-corrected chi connectivity index (χ2v) is 9.73. The van der Waals surface area contributed by atoms with Gasteiger partial charge >= 0.3 is 0 Å². The quantitative estimate of drug-likeness (QED) is 0.366. The van der Waals surface area contributed by atoms with E-state index in [1.165, 1.54) is 18.2 Å². The molecule has 3 aromatic carbocycles. The van der Waals surface area contributed by atoms with Crippen LogP contribution in [0, 0.1) is 13.8 Å². The lowest BCUT2D eigenvalue weighted by Crippen LogP contribution is -2.26. The standard InChI is InChI=1S/C26H29N3O5S/c1-18-9-13-21(14-10-18)35(32,33)29-24-17-20(12-11-19(24)2)25(30)28-23-8-5-4-7-22(23)26(31)27-15-6-16-34-3/h4-5,7-14,17,29H,6,15-16H2,1-3H3,(H,27,31)(H,28,30). The molecule has 0 aliphatic rings. The van der Waals surface area contributed by atoms with Gasteiger partial charge in [0.2, 0.25) is 0 Å². The summed E-state index contributed by atoms with van der Waals surface area (Å²) in [4.78, 5) is 25.7. The summed E-state index contributed by atoms with van der Waals surface area (Å²) in [6.07, 6.45) is 0.668. The predicted molar refractivity (Wildman–Crippen MR) is 136 cm³/mol. The van der Waals surface area contributed by atoms with Crippen LogP contribution in [0.3, 0.4) is 0 Å². The first-order valence-electron chi connectivity index (χ1n) is 11.1. The van der Waals surface area contributed by atoms with Gasteiger partial charge in [0.05, 0.1) is 21.8 Å². The van der Waals surface area contributed by atoms with E-state index in [4.69, 9.17) is 4.74 Å². The third-order valence-corrected chi connectivity index (χ3v) is 6.69. The molecule has 3 aromatic rings. The molecule has 0 aliphatic carbocycles. The fourth-order valence-corrected chi connectivity index (χ4v) is 4.41. The molecule has 3 rings (SSSR count). The molecule has 0 heterocycles. The minimum atomic E-state index is -3.83. The van der Waals surface area contributed by atoms with Gasteiger partial charge in [0.15, 0.2) is 0 Å². The lowest BCUT2D eigenvalue weighted by molar-refractivity contribution is 0.0949. The number of methoxy groups -OCH3 is 1. The van der Waals surface area contributed by atoms with E-state index in [9.17, 15) is 18.0 Å². The third-order valence-electron chi connectivity index (χ3n) is 5.31. The summed E-state index contributed by atoms with van der Waals surface area (Å²) < 4.78 is 33.2. The second-order valence-electron chi connectivity index (χ2n) is 8.05. The van der Waals surface area contributed by atoms with Gasteiger partial charge in [-0.3, -0.25) is 14.3 Å². The van der Waals surface area contributed by atoms with Crippen molar-refractivity contribution >= 4 is 33.2 Å². The highest BCUT2D eigenvalue weighted by Crippen LogP contribution is 2.23. The Morgan fingerprint density at radius 1 is 0.886 bits per heavy atom. The minimum Gasteiger partial charge on any atom is -0.385 e. The van der Waals surface area contributed by atoms with Crippen LogP contribution >= 0.6 is 0 Å². The van der Waals surface area contributed by atoms with Crippen molar-refractivity contribution in [2.45, 2.75) is 25.2 Å². The van der Waals surface area contributed by atoms with E-state index in [0.717, 1.165) is 5.56 Å². The monoisotopic (exact) mass is 495 g/mol. The van der Waals surface area contributed by atoms with Crippen LogP contribution in [0.2, 0.25) is 0 Å². The number of sulfonamides is 1. The molecule has 35 heavy (non-hydrogen) atoms. The minimum absolute atomic E-state index is 0.128. The lowest BCUT2D eigenvalue weighted by atomic mass is 10.1. The van der Waals surface area contributed by atoms with Gasteiger partial charge in [0, 0.05) is 25.8 Å². The van der Waals surface area contributed by atoms with Gasteiger partial charge in [-0.25, -0.2) is 8.42 Å². The lowest BCUT2D eigenvalue weighted by Gasteiger charge is -2.14. The summed E-state index contributed by atoms with van der Waals surface area (Å²) in [5, 5.41) is 5.56. The number of hydrogen-bond donors (Lipinski definition) is 3. The Morgan fingerprint density at radius 2 is 1.60 bits per heavy atom. The summed E-state index contributed by atoms with van der Waals surface area (Å²) in [7, 11) is -2.23. The number of carbonyl (C=O) groups is 2. The first-order valence-corrected chi connectivity index (χ1v) is 12.6. The smallest absolute Gasteiger partial charge is 0.261 e. The SMILES string of the molecule is COCCCNC(=O)c1ccccc1NC(=O)c1ccc(C)c(NS(=O)(=O)c2ccc(C)cc2)c1.